The van der Waals surface area contributed by atoms with Crippen molar-refractivity contribution in [2.24, 2.45) is 0 Å². The highest BCUT2D eigenvalue weighted by Crippen LogP contribution is 2.41. The molecule has 1 N–H and O–H groups in total. The van der Waals surface area contributed by atoms with Crippen LogP contribution in [0, 0.1) is 0 Å². The van der Waals surface area contributed by atoms with Crippen molar-refractivity contribution >= 4 is 57.0 Å². The minimum absolute atomic E-state index is 0.0657. The van der Waals surface area contributed by atoms with E-state index in [0.29, 0.717) is 11.6 Å². The maximum atomic E-state index is 13.5. The molecule has 0 amide bonds. The van der Waals surface area contributed by atoms with Gasteiger partial charge in [-0.05, 0) is 31.5 Å². The summed E-state index contributed by atoms with van der Waals surface area (Å²) < 4.78 is 45.8. The summed E-state index contributed by atoms with van der Waals surface area (Å²) in [7, 11) is 1.59. The Bertz CT molecular complexity index is 824. The smallest absolute Gasteiger partial charge is 0.383 e. The fraction of sp³-hybridized carbons (Fsp3) is 0.471. The molecule has 0 aliphatic carbocycles. The number of alkyl halides is 3. The van der Waals surface area contributed by atoms with Crippen LogP contribution in [-0.4, -0.2) is 36.2 Å². The summed E-state index contributed by atoms with van der Waals surface area (Å²) in [5.41, 5.74) is -0.635. The second-order valence-electron chi connectivity index (χ2n) is 6.38. The van der Waals surface area contributed by atoms with E-state index in [2.05, 4.69) is 10.3 Å². The van der Waals surface area contributed by atoms with Crippen LogP contribution in [0.3, 0.4) is 0 Å². The minimum Gasteiger partial charge on any atom is -0.383 e. The van der Waals surface area contributed by atoms with E-state index in [1.165, 1.54) is 12.1 Å². The van der Waals surface area contributed by atoms with Crippen LogP contribution in [0.4, 0.5) is 24.0 Å². The summed E-state index contributed by atoms with van der Waals surface area (Å²) in [6.07, 6.45) is -2.74. The van der Waals surface area contributed by atoms with E-state index >= 15 is 0 Å². The average molecular weight is 475 g/mol. The Labute approximate surface area is 179 Å². The van der Waals surface area contributed by atoms with Gasteiger partial charge in [0.25, 0.3) is 0 Å². The molecule has 0 bridgehead atoms. The lowest BCUT2D eigenvalue weighted by molar-refractivity contribution is -0.141. The highest BCUT2D eigenvalue weighted by atomic mass is 35.5. The number of hydrogen-bond donors (Lipinski definition) is 1. The van der Waals surface area contributed by atoms with E-state index in [4.69, 9.17) is 39.5 Å². The van der Waals surface area contributed by atoms with Gasteiger partial charge in [0.2, 0.25) is 0 Å². The molecular formula is C17H17Cl3F3N3OS. The number of likely N-dealkylation sites (tertiary alicyclic amines) is 1. The molecule has 2 heterocycles. The first-order valence-electron chi connectivity index (χ1n) is 8.40. The molecule has 1 aromatic heterocycles. The molecule has 3 rings (SSSR count). The van der Waals surface area contributed by atoms with Gasteiger partial charge in [-0.3, -0.25) is 4.90 Å². The number of anilines is 2. The van der Waals surface area contributed by atoms with Crippen molar-refractivity contribution in [1.82, 2.24) is 9.88 Å². The number of nitrogens with zero attached hydrogens (tertiary/aromatic N) is 2. The van der Waals surface area contributed by atoms with Crippen molar-refractivity contribution in [1.29, 1.82) is 0 Å². The van der Waals surface area contributed by atoms with E-state index in [0.717, 1.165) is 30.7 Å². The molecule has 1 aliphatic rings. The molecule has 1 atom stereocenters. The Kier molecular flexibility index (Phi) is 7.00. The molecule has 1 saturated heterocycles. The number of aromatic nitrogens is 1. The predicted octanol–water partition coefficient (Wildman–Crippen LogP) is 6.48. The molecule has 11 heteroatoms. The quantitative estimate of drug-likeness (QED) is 0.520. The molecule has 1 fully saturated rings. The van der Waals surface area contributed by atoms with Crippen molar-refractivity contribution < 1.29 is 17.9 Å². The molecule has 0 spiro atoms. The maximum Gasteiger partial charge on any atom is 0.434 e. The summed E-state index contributed by atoms with van der Waals surface area (Å²) >= 11 is 19.0. The van der Waals surface area contributed by atoms with Crippen LogP contribution in [0.2, 0.25) is 15.1 Å². The van der Waals surface area contributed by atoms with E-state index < -0.39 is 11.9 Å². The average Bonchev–Trinajstić information content (AvgIpc) is 3.18. The standard InChI is InChI=1S/C17H17Cl3F3N3OS/c1-27-8-10-3-2-4-26(10)7-13-15(17(21,22)23)25-16(28-13)24-14-11(19)5-9(18)6-12(14)20/h5-6,10H,2-4,7-8H2,1H3,(H,24,25). The first-order valence-corrected chi connectivity index (χ1v) is 10.4. The number of benzene rings is 1. The lowest BCUT2D eigenvalue weighted by Crippen LogP contribution is -2.32. The van der Waals surface area contributed by atoms with Crippen LogP contribution in [-0.2, 0) is 17.5 Å². The summed E-state index contributed by atoms with van der Waals surface area (Å²) in [4.78, 5) is 5.91. The Balaban J connectivity index is 1.88. The molecule has 0 saturated carbocycles. The fourth-order valence-electron chi connectivity index (χ4n) is 3.17. The number of rotatable bonds is 6. The molecule has 2 aromatic rings. The van der Waals surface area contributed by atoms with Gasteiger partial charge in [0.1, 0.15) is 0 Å². The second-order valence-corrected chi connectivity index (χ2v) is 8.71. The van der Waals surface area contributed by atoms with Gasteiger partial charge in [-0.1, -0.05) is 46.1 Å². The van der Waals surface area contributed by atoms with Gasteiger partial charge in [0.05, 0.1) is 27.2 Å². The lowest BCUT2D eigenvalue weighted by Gasteiger charge is -2.23. The summed E-state index contributed by atoms with van der Waals surface area (Å²) in [5, 5.41) is 3.59. The highest BCUT2D eigenvalue weighted by Gasteiger charge is 2.39. The van der Waals surface area contributed by atoms with Gasteiger partial charge in [-0.25, -0.2) is 4.98 Å². The largest absolute Gasteiger partial charge is 0.434 e. The zero-order valence-electron chi connectivity index (χ0n) is 14.7. The maximum absolute atomic E-state index is 13.5. The van der Waals surface area contributed by atoms with Crippen molar-refractivity contribution in [3.05, 3.63) is 37.8 Å². The molecule has 1 aromatic carbocycles. The minimum atomic E-state index is -4.56. The van der Waals surface area contributed by atoms with Crippen LogP contribution >= 0.6 is 46.1 Å². The van der Waals surface area contributed by atoms with E-state index in [1.807, 2.05) is 4.90 Å². The summed E-state index contributed by atoms with van der Waals surface area (Å²) in [6, 6.07) is 3.01. The first-order chi connectivity index (χ1) is 13.2. The second kappa shape index (κ2) is 8.93. The Morgan fingerprint density at radius 2 is 1.96 bits per heavy atom. The normalized spacial score (nSPS) is 18.0. The van der Waals surface area contributed by atoms with E-state index in [-0.39, 0.29) is 38.3 Å². The number of thiazole rings is 1. The van der Waals surface area contributed by atoms with Crippen LogP contribution < -0.4 is 5.32 Å². The molecule has 0 radical (unpaired) electrons. The number of halogens is 6. The van der Waals surface area contributed by atoms with Gasteiger partial charge in [-0.2, -0.15) is 13.2 Å². The third-order valence-corrected chi connectivity index (χ3v) is 6.18. The Morgan fingerprint density at radius 1 is 1.29 bits per heavy atom. The number of ether oxygens (including phenoxy) is 1. The van der Waals surface area contributed by atoms with E-state index in [9.17, 15) is 13.2 Å². The number of methoxy groups -OCH3 is 1. The number of nitrogens with one attached hydrogen (secondary N) is 1. The Hall–Kier alpha value is -0.770. The van der Waals surface area contributed by atoms with Gasteiger partial charge in [0.15, 0.2) is 10.8 Å². The van der Waals surface area contributed by atoms with E-state index in [1.54, 1.807) is 7.11 Å². The first kappa shape index (κ1) is 21.9. The van der Waals surface area contributed by atoms with Gasteiger partial charge in [0, 0.05) is 24.7 Å². The molecule has 154 valence electrons. The van der Waals surface area contributed by atoms with Crippen LogP contribution in [0.15, 0.2) is 12.1 Å². The third-order valence-electron chi connectivity index (χ3n) is 4.41. The van der Waals surface area contributed by atoms with Gasteiger partial charge < -0.3 is 10.1 Å². The van der Waals surface area contributed by atoms with Crippen LogP contribution in [0.5, 0.6) is 0 Å². The molecular weight excluding hydrogens is 458 g/mol. The van der Waals surface area contributed by atoms with Crippen molar-refractivity contribution in [2.45, 2.75) is 31.6 Å². The van der Waals surface area contributed by atoms with Crippen LogP contribution in [0.25, 0.3) is 0 Å². The van der Waals surface area contributed by atoms with Gasteiger partial charge in [-0.15, -0.1) is 0 Å². The third kappa shape index (κ3) is 5.04. The van der Waals surface area contributed by atoms with Crippen molar-refractivity contribution in [3.8, 4) is 0 Å². The zero-order valence-corrected chi connectivity index (χ0v) is 17.8. The fourth-order valence-corrected chi connectivity index (χ4v) is 5.09. The molecule has 1 unspecified atom stereocenters. The predicted molar refractivity (Wildman–Crippen MR) is 107 cm³/mol. The van der Waals surface area contributed by atoms with Crippen molar-refractivity contribution in [2.75, 3.05) is 25.6 Å². The monoisotopic (exact) mass is 473 g/mol. The molecule has 28 heavy (non-hydrogen) atoms. The summed E-state index contributed by atoms with van der Waals surface area (Å²) in [5.74, 6) is 0. The van der Waals surface area contributed by atoms with Crippen LogP contribution in [0.1, 0.15) is 23.4 Å². The summed E-state index contributed by atoms with van der Waals surface area (Å²) in [6.45, 7) is 1.37. The highest BCUT2D eigenvalue weighted by molar-refractivity contribution is 7.15. The van der Waals surface area contributed by atoms with Gasteiger partial charge >= 0.3 is 6.18 Å². The SMILES string of the molecule is COCC1CCCN1Cc1sc(Nc2c(Cl)cc(Cl)cc2Cl)nc1C(F)(F)F. The lowest BCUT2D eigenvalue weighted by atomic mass is 10.2. The Morgan fingerprint density at radius 3 is 2.57 bits per heavy atom. The topological polar surface area (TPSA) is 37.4 Å². The molecule has 4 nitrogen and oxygen atoms in total. The molecule has 1 aliphatic heterocycles. The number of hydrogen-bond acceptors (Lipinski definition) is 5. The van der Waals surface area contributed by atoms with Crippen molar-refractivity contribution in [3.63, 3.8) is 0 Å². The zero-order chi connectivity index (χ0) is 20.5.